The molecule has 4 heterocycles. The Labute approximate surface area is 380 Å². The molecule has 3 saturated heterocycles. The van der Waals surface area contributed by atoms with Crippen molar-refractivity contribution in [2.45, 2.75) is 193 Å². The highest BCUT2D eigenvalue weighted by Crippen LogP contribution is 2.44. The average Bonchev–Trinajstić information content (AvgIpc) is 3.24. The van der Waals surface area contributed by atoms with Crippen LogP contribution >= 0.6 is 0 Å². The average molecular weight is 909 g/mol. The molecule has 366 valence electrons. The van der Waals surface area contributed by atoms with E-state index in [0.717, 1.165) is 6.42 Å². The molecule has 6 N–H and O–H groups in total. The molecule has 0 unspecified atom stereocenters. The van der Waals surface area contributed by atoms with Gasteiger partial charge in [-0.2, -0.15) is 0 Å². The molecule has 0 aromatic carbocycles. The van der Waals surface area contributed by atoms with Crippen LogP contribution < -0.4 is 0 Å². The molecular weight excluding hydrogens is 829 g/mol. The van der Waals surface area contributed by atoms with Crippen LogP contribution in [0.15, 0.2) is 48.6 Å². The van der Waals surface area contributed by atoms with Crippen molar-refractivity contribution in [3.05, 3.63) is 48.6 Å². The number of carbonyl (C=O) groups is 2. The molecule has 0 saturated carbocycles. The molecule has 0 aliphatic carbocycles. The number of hydrogen-bond donors (Lipinski definition) is 6. The van der Waals surface area contributed by atoms with Gasteiger partial charge in [0.05, 0.1) is 48.8 Å². The van der Waals surface area contributed by atoms with E-state index in [1.165, 1.54) is 24.3 Å². The Morgan fingerprint density at radius 2 is 1.11 bits per heavy atom. The van der Waals surface area contributed by atoms with Crippen LogP contribution in [0.25, 0.3) is 0 Å². The van der Waals surface area contributed by atoms with E-state index in [2.05, 4.69) is 0 Å². The lowest BCUT2D eigenvalue weighted by Gasteiger charge is -2.50. The van der Waals surface area contributed by atoms with Gasteiger partial charge in [-0.05, 0) is 33.6 Å². The Hall–Kier alpha value is -2.54. The van der Waals surface area contributed by atoms with E-state index in [0.29, 0.717) is 6.42 Å². The largest absolute Gasteiger partial charge is 0.458 e. The molecule has 4 rings (SSSR count). The zero-order valence-electron chi connectivity index (χ0n) is 40.1. The first kappa shape index (κ1) is 54.1. The highest BCUT2D eigenvalue weighted by Gasteiger charge is 2.53. The van der Waals surface area contributed by atoms with Gasteiger partial charge in [0, 0.05) is 85.9 Å². The van der Waals surface area contributed by atoms with Crippen molar-refractivity contribution in [1.29, 1.82) is 0 Å². The monoisotopic (exact) mass is 909 g/mol. The molecule has 64 heavy (non-hydrogen) atoms. The normalized spacial score (nSPS) is 43.7. The Morgan fingerprint density at radius 1 is 0.688 bits per heavy atom. The summed E-state index contributed by atoms with van der Waals surface area (Å²) in [5.41, 5.74) is 0. The number of ether oxygens (including phenoxy) is 7. The summed E-state index contributed by atoms with van der Waals surface area (Å²) >= 11 is 0. The summed E-state index contributed by atoms with van der Waals surface area (Å²) in [6, 6.07) is 0. The molecule has 22 atom stereocenters. The third-order valence-electron chi connectivity index (χ3n) is 14.8. The van der Waals surface area contributed by atoms with Crippen LogP contribution in [0.1, 0.15) is 108 Å². The van der Waals surface area contributed by atoms with E-state index in [-0.39, 0.29) is 43.3 Å². The van der Waals surface area contributed by atoms with Gasteiger partial charge in [0.15, 0.2) is 17.9 Å². The van der Waals surface area contributed by atoms with Crippen LogP contribution in [-0.2, 0) is 42.7 Å². The first-order chi connectivity index (χ1) is 30.0. The van der Waals surface area contributed by atoms with Crippen molar-refractivity contribution >= 4 is 11.9 Å². The van der Waals surface area contributed by atoms with Crippen LogP contribution in [0.3, 0.4) is 0 Å². The smallest absolute Gasteiger partial charge is 0.331 e. The summed E-state index contributed by atoms with van der Waals surface area (Å²) in [7, 11) is 1.61. The second-order valence-corrected chi connectivity index (χ2v) is 19.2. The molecule has 0 radical (unpaired) electrons. The minimum atomic E-state index is -1.86. The fourth-order valence-electron chi connectivity index (χ4n) is 10.4. The lowest BCUT2D eigenvalue weighted by Crippen LogP contribution is -2.59. The number of esters is 2. The maximum Gasteiger partial charge on any atom is 0.331 e. The van der Waals surface area contributed by atoms with E-state index in [4.69, 9.17) is 33.2 Å². The van der Waals surface area contributed by atoms with Gasteiger partial charge in [-0.1, -0.05) is 91.8 Å². The SMILES string of the molecule is CC[C@@H]1[C@@H](C)O[C@@](O)([C@@H](C)[C@H](O)[C@H](C)[C@H]2OC(=O)C=C/C=C/[C@H](C)[C@@H]([C@@H](C)[C@@H](O)[C@@H](C)[C@@]3(O)C[C@@H](O[C@H]4C[C@H](O)[C@H](O)[C@H](C)O4)[C@H](CC)[C@@H](C)O3)OC(=O)/C=C/C=C/[C@@H]2C)C[C@H]1OC. The first-order valence-corrected chi connectivity index (χ1v) is 23.5. The Balaban J connectivity index is 1.50. The molecule has 3 fully saturated rings. The number of carbonyl (C=O) groups excluding carboxylic acids is 2. The second kappa shape index (κ2) is 23.5. The molecule has 0 aromatic rings. The van der Waals surface area contributed by atoms with Crippen molar-refractivity contribution in [2.24, 2.45) is 47.3 Å². The molecule has 15 heteroatoms. The van der Waals surface area contributed by atoms with Crippen LogP contribution in [0.2, 0.25) is 0 Å². The highest BCUT2D eigenvalue weighted by atomic mass is 16.7. The molecule has 0 spiro atoms. The van der Waals surface area contributed by atoms with Gasteiger partial charge in [0.25, 0.3) is 0 Å². The third kappa shape index (κ3) is 12.9. The number of aliphatic hydroxyl groups excluding tert-OH is 4. The third-order valence-corrected chi connectivity index (χ3v) is 14.8. The Morgan fingerprint density at radius 3 is 1.52 bits per heavy atom. The van der Waals surface area contributed by atoms with E-state index in [1.54, 1.807) is 66.0 Å². The van der Waals surface area contributed by atoms with Gasteiger partial charge >= 0.3 is 11.9 Å². The molecular formula is C49H80O15. The summed E-state index contributed by atoms with van der Waals surface area (Å²) < 4.78 is 42.4. The second-order valence-electron chi connectivity index (χ2n) is 19.2. The lowest BCUT2D eigenvalue weighted by molar-refractivity contribution is -0.344. The number of methoxy groups -OCH3 is 1. The maximum absolute atomic E-state index is 13.4. The van der Waals surface area contributed by atoms with Crippen molar-refractivity contribution in [1.82, 2.24) is 0 Å². The molecule has 0 amide bonds. The summed E-state index contributed by atoms with van der Waals surface area (Å²) in [4.78, 5) is 26.7. The first-order valence-electron chi connectivity index (χ1n) is 23.5. The Bertz CT molecular complexity index is 1610. The lowest BCUT2D eigenvalue weighted by atomic mass is 9.76. The van der Waals surface area contributed by atoms with Crippen LogP contribution in [0.5, 0.6) is 0 Å². The van der Waals surface area contributed by atoms with Crippen molar-refractivity contribution in [3.63, 3.8) is 0 Å². The predicted molar refractivity (Wildman–Crippen MR) is 238 cm³/mol. The highest BCUT2D eigenvalue weighted by molar-refractivity contribution is 5.83. The fraction of sp³-hybridized carbons (Fsp3) is 0.796. The van der Waals surface area contributed by atoms with Gasteiger partial charge in [-0.3, -0.25) is 0 Å². The van der Waals surface area contributed by atoms with Gasteiger partial charge in [-0.15, -0.1) is 0 Å². The predicted octanol–water partition coefficient (Wildman–Crippen LogP) is 4.89. The minimum absolute atomic E-state index is 0.0102. The van der Waals surface area contributed by atoms with Crippen molar-refractivity contribution in [3.8, 4) is 0 Å². The van der Waals surface area contributed by atoms with Crippen molar-refractivity contribution in [2.75, 3.05) is 7.11 Å². The van der Waals surface area contributed by atoms with E-state index >= 15 is 0 Å². The summed E-state index contributed by atoms with van der Waals surface area (Å²) in [6.45, 7) is 19.9. The van der Waals surface area contributed by atoms with Crippen LogP contribution in [-0.4, -0.2) is 135 Å². The standard InChI is InChI=1S/C49H80O15/c1-13-35-32(9)63-48(56,24-38(35)58-12)30(7)43(53)28(5)46-26(3)19-15-17-22-41(52)62-47(27(4)20-16-18-21-40(51)61-46)29(6)44(54)31(8)49(57)25-39(36(14-2)33(10)64-49)60-42-23-37(50)45(55)34(11)59-42/h15-22,26-39,42-47,50,53-57H,13-14,23-25H2,1-12H3/b19-15+,20-16+,21-18?,22-17+/t26-,27-,28-,29-,30-,31+,32+,33+,34-,35+,36+,37-,38+,39+,42-,43+,44+,45+,46-,47-,48+,49+/m0/s1. The quantitative estimate of drug-likeness (QED) is 0.136. The van der Waals surface area contributed by atoms with Gasteiger partial charge < -0.3 is 63.8 Å². The molecule has 4 aliphatic heterocycles. The van der Waals surface area contributed by atoms with E-state index < -0.39 is 120 Å². The summed E-state index contributed by atoms with van der Waals surface area (Å²) in [5, 5.41) is 68.1. The number of rotatable bonds is 13. The van der Waals surface area contributed by atoms with Crippen molar-refractivity contribution < 1.29 is 73.4 Å². The Kier molecular flexibility index (Phi) is 19.8. The number of cyclic esters (lactones) is 2. The zero-order chi connectivity index (χ0) is 47.8. The molecule has 4 aliphatic rings. The van der Waals surface area contributed by atoms with Gasteiger partial charge in [0.1, 0.15) is 18.3 Å². The zero-order valence-corrected chi connectivity index (χ0v) is 40.1. The van der Waals surface area contributed by atoms with Gasteiger partial charge in [-0.25, -0.2) is 9.59 Å². The fourth-order valence-corrected chi connectivity index (χ4v) is 10.4. The summed E-state index contributed by atoms with van der Waals surface area (Å²) in [6.07, 6.45) is 4.65. The molecule has 0 bridgehead atoms. The topological polar surface area (TPSA) is 220 Å². The number of allylic oxidation sites excluding steroid dienone is 4. The minimum Gasteiger partial charge on any atom is -0.458 e. The molecule has 0 aromatic heterocycles. The van der Waals surface area contributed by atoms with Crippen LogP contribution in [0.4, 0.5) is 0 Å². The summed E-state index contributed by atoms with van der Waals surface area (Å²) in [5.74, 6) is -8.92. The molecule has 15 nitrogen and oxygen atoms in total. The van der Waals surface area contributed by atoms with Crippen LogP contribution in [0, 0.1) is 47.3 Å². The van der Waals surface area contributed by atoms with Gasteiger partial charge in [0.2, 0.25) is 0 Å². The number of hydrogen-bond acceptors (Lipinski definition) is 15. The number of aliphatic hydroxyl groups is 6. The van der Waals surface area contributed by atoms with E-state index in [9.17, 15) is 40.2 Å². The van der Waals surface area contributed by atoms with E-state index in [1.807, 2.05) is 41.5 Å². The maximum atomic E-state index is 13.4.